The molecule has 1 aromatic rings. The number of carbonyl (C=O) groups excluding carboxylic acids is 1. The van der Waals surface area contributed by atoms with Gasteiger partial charge in [-0.3, -0.25) is 9.88 Å². The molecule has 1 aliphatic heterocycles. The van der Waals surface area contributed by atoms with Gasteiger partial charge in [-0.2, -0.15) is 0 Å². The van der Waals surface area contributed by atoms with Crippen molar-refractivity contribution in [1.82, 2.24) is 9.88 Å². The van der Waals surface area contributed by atoms with Gasteiger partial charge in [0.15, 0.2) is 0 Å². The van der Waals surface area contributed by atoms with Gasteiger partial charge in [0.05, 0.1) is 18.3 Å². The van der Waals surface area contributed by atoms with E-state index in [2.05, 4.69) is 16.8 Å². The van der Waals surface area contributed by atoms with Crippen LogP contribution >= 0.6 is 0 Å². The highest BCUT2D eigenvalue weighted by Gasteiger charge is 2.31. The van der Waals surface area contributed by atoms with E-state index in [4.69, 9.17) is 9.47 Å². The van der Waals surface area contributed by atoms with Crippen molar-refractivity contribution in [2.24, 2.45) is 0 Å². The zero-order valence-corrected chi connectivity index (χ0v) is 16.7. The molecule has 1 saturated heterocycles. The molecular weight excluding hydrogens is 340 g/mol. The van der Waals surface area contributed by atoms with Gasteiger partial charge in [-0.15, -0.1) is 0 Å². The van der Waals surface area contributed by atoms with Gasteiger partial charge >= 0.3 is 6.09 Å². The summed E-state index contributed by atoms with van der Waals surface area (Å²) in [5.41, 5.74) is 0.325. The van der Waals surface area contributed by atoms with E-state index in [-0.39, 0.29) is 12.1 Å². The van der Waals surface area contributed by atoms with E-state index in [1.807, 2.05) is 26.8 Å². The number of amides is 1. The lowest BCUT2D eigenvalue weighted by atomic mass is 9.98. The van der Waals surface area contributed by atoms with Gasteiger partial charge in [0.1, 0.15) is 11.4 Å². The van der Waals surface area contributed by atoms with Crippen molar-refractivity contribution in [2.45, 2.75) is 83.5 Å². The molecule has 1 saturated carbocycles. The Balaban J connectivity index is 1.64. The van der Waals surface area contributed by atoms with Gasteiger partial charge in [-0.25, -0.2) is 4.79 Å². The fourth-order valence-electron chi connectivity index (χ4n) is 3.55. The second-order valence-electron chi connectivity index (χ2n) is 8.39. The molecule has 0 aromatic carbocycles. The zero-order chi connectivity index (χ0) is 19.3. The van der Waals surface area contributed by atoms with Crippen LogP contribution in [0.25, 0.3) is 0 Å². The second-order valence-corrected chi connectivity index (χ2v) is 8.39. The number of likely N-dealkylation sites (tertiary alicyclic amines) is 1. The molecule has 1 atom stereocenters. The third-order valence-electron chi connectivity index (χ3n) is 4.83. The molecule has 1 aliphatic carbocycles. The quantitative estimate of drug-likeness (QED) is 0.717. The maximum Gasteiger partial charge on any atom is 0.411 e. The monoisotopic (exact) mass is 370 g/mol. The minimum Gasteiger partial charge on any atom is -0.489 e. The molecule has 1 amide bonds. The molecule has 2 heterocycles. The Kier molecular flexibility index (Phi) is 6.26. The Morgan fingerprint density at radius 3 is 2.67 bits per heavy atom. The first-order chi connectivity index (χ1) is 12.9. The second kappa shape index (κ2) is 8.65. The van der Waals surface area contributed by atoms with Crippen LogP contribution in [0, 0.1) is 11.8 Å². The third-order valence-corrected chi connectivity index (χ3v) is 4.83. The number of ether oxygens (including phenoxy) is 2. The van der Waals surface area contributed by atoms with E-state index < -0.39 is 5.60 Å². The average molecular weight is 370 g/mol. The fourth-order valence-corrected chi connectivity index (χ4v) is 3.55. The first-order valence-electron chi connectivity index (χ1n) is 10.0. The minimum atomic E-state index is -0.494. The summed E-state index contributed by atoms with van der Waals surface area (Å²) in [5.74, 6) is 7.18. The highest BCUT2D eigenvalue weighted by molar-refractivity contribution is 5.69. The summed E-state index contributed by atoms with van der Waals surface area (Å²) in [5, 5.41) is 0. The van der Waals surface area contributed by atoms with Gasteiger partial charge in [-0.1, -0.05) is 18.3 Å². The molecule has 0 N–H and O–H groups in total. The SMILES string of the molecule is CC(C)(C)OC(=O)N1CCC[C@H]1C#Cc1cncc(OC2CCCCC2)c1. The standard InChI is InChI=1S/C22H30N2O3/c1-22(2,3)27-21(25)24-13-7-8-18(24)12-11-17-14-20(16-23-15-17)26-19-9-5-4-6-10-19/h14-16,18-19H,4-10,13H2,1-3H3/t18-/m0/s1. The van der Waals surface area contributed by atoms with Crippen LogP contribution in [0.1, 0.15) is 71.3 Å². The zero-order valence-electron chi connectivity index (χ0n) is 16.7. The molecular formula is C22H30N2O3. The van der Waals surface area contributed by atoms with E-state index in [9.17, 15) is 4.79 Å². The molecule has 0 radical (unpaired) electrons. The molecule has 146 valence electrons. The maximum atomic E-state index is 12.4. The lowest BCUT2D eigenvalue weighted by molar-refractivity contribution is 0.0261. The number of rotatable bonds is 2. The predicted molar refractivity (Wildman–Crippen MR) is 105 cm³/mol. The third kappa shape index (κ3) is 5.89. The minimum absolute atomic E-state index is 0.109. The first kappa shape index (κ1) is 19.5. The number of hydrogen-bond donors (Lipinski definition) is 0. The molecule has 0 spiro atoms. The summed E-state index contributed by atoms with van der Waals surface area (Å²) in [4.78, 5) is 18.4. The summed E-state index contributed by atoms with van der Waals surface area (Å²) < 4.78 is 11.6. The van der Waals surface area contributed by atoms with Crippen LogP contribution in [-0.2, 0) is 4.74 Å². The molecule has 27 heavy (non-hydrogen) atoms. The topological polar surface area (TPSA) is 51.7 Å². The summed E-state index contributed by atoms with van der Waals surface area (Å²) >= 11 is 0. The van der Waals surface area contributed by atoms with Crippen molar-refractivity contribution < 1.29 is 14.3 Å². The van der Waals surface area contributed by atoms with Crippen LogP contribution in [0.15, 0.2) is 18.5 Å². The van der Waals surface area contributed by atoms with Crippen LogP contribution < -0.4 is 4.74 Å². The lowest BCUT2D eigenvalue weighted by Gasteiger charge is -2.26. The van der Waals surface area contributed by atoms with Crippen LogP contribution in [0.3, 0.4) is 0 Å². The molecule has 5 nitrogen and oxygen atoms in total. The number of hydrogen-bond acceptors (Lipinski definition) is 4. The van der Waals surface area contributed by atoms with E-state index in [0.717, 1.165) is 37.0 Å². The Morgan fingerprint density at radius 2 is 1.93 bits per heavy atom. The van der Waals surface area contributed by atoms with Crippen molar-refractivity contribution >= 4 is 6.09 Å². The summed E-state index contributed by atoms with van der Waals surface area (Å²) in [6.45, 7) is 6.33. The number of carbonyl (C=O) groups is 1. The van der Waals surface area contributed by atoms with Crippen molar-refractivity contribution in [3.63, 3.8) is 0 Å². The Bertz CT molecular complexity index is 708. The fraction of sp³-hybridized carbons (Fsp3) is 0.636. The summed E-state index contributed by atoms with van der Waals surface area (Å²) in [7, 11) is 0. The summed E-state index contributed by atoms with van der Waals surface area (Å²) in [6, 6.07) is 1.84. The molecule has 5 heteroatoms. The molecule has 0 bridgehead atoms. The van der Waals surface area contributed by atoms with Crippen LogP contribution in [0.5, 0.6) is 5.75 Å². The number of aromatic nitrogens is 1. The van der Waals surface area contributed by atoms with Crippen molar-refractivity contribution in [3.05, 3.63) is 24.0 Å². The summed E-state index contributed by atoms with van der Waals surface area (Å²) in [6.07, 6.45) is 11.3. The largest absolute Gasteiger partial charge is 0.489 e. The molecule has 2 fully saturated rings. The van der Waals surface area contributed by atoms with Gasteiger partial charge in [0.25, 0.3) is 0 Å². The normalized spacial score (nSPS) is 20.7. The highest BCUT2D eigenvalue weighted by Crippen LogP contribution is 2.24. The van der Waals surface area contributed by atoms with Gasteiger partial charge < -0.3 is 9.47 Å². The number of pyridine rings is 1. The van der Waals surface area contributed by atoms with E-state index in [1.165, 1.54) is 19.3 Å². The van der Waals surface area contributed by atoms with Gasteiger partial charge in [0.2, 0.25) is 0 Å². The van der Waals surface area contributed by atoms with E-state index in [0.29, 0.717) is 12.6 Å². The molecule has 0 unspecified atom stereocenters. The van der Waals surface area contributed by atoms with Gasteiger partial charge in [-0.05, 0) is 65.4 Å². The Labute approximate surface area is 162 Å². The molecule has 1 aromatic heterocycles. The van der Waals surface area contributed by atoms with Crippen LogP contribution in [0.2, 0.25) is 0 Å². The molecule has 3 rings (SSSR count). The first-order valence-corrected chi connectivity index (χ1v) is 10.0. The van der Waals surface area contributed by atoms with E-state index in [1.54, 1.807) is 17.3 Å². The van der Waals surface area contributed by atoms with Crippen LogP contribution in [0.4, 0.5) is 4.79 Å². The van der Waals surface area contributed by atoms with Gasteiger partial charge in [0, 0.05) is 18.3 Å². The highest BCUT2D eigenvalue weighted by atomic mass is 16.6. The molecule has 2 aliphatic rings. The average Bonchev–Trinajstić information content (AvgIpc) is 3.09. The Morgan fingerprint density at radius 1 is 1.15 bits per heavy atom. The smallest absolute Gasteiger partial charge is 0.411 e. The predicted octanol–water partition coefficient (Wildman–Crippen LogP) is 4.54. The maximum absolute atomic E-state index is 12.4. The van der Waals surface area contributed by atoms with E-state index >= 15 is 0 Å². The lowest BCUT2D eigenvalue weighted by Crippen LogP contribution is -2.39. The van der Waals surface area contributed by atoms with Crippen LogP contribution in [-0.4, -0.2) is 40.3 Å². The van der Waals surface area contributed by atoms with Crippen molar-refractivity contribution in [1.29, 1.82) is 0 Å². The Hall–Kier alpha value is -2.22. The van der Waals surface area contributed by atoms with Crippen molar-refractivity contribution in [2.75, 3.05) is 6.54 Å². The van der Waals surface area contributed by atoms with Crippen molar-refractivity contribution in [3.8, 4) is 17.6 Å². The number of nitrogens with zero attached hydrogens (tertiary/aromatic N) is 2.